The average molecular weight is 567 g/mol. The van der Waals surface area contributed by atoms with Crippen LogP contribution < -0.4 is 9.47 Å². The van der Waals surface area contributed by atoms with Crippen LogP contribution in [0, 0.1) is 3.57 Å². The Morgan fingerprint density at radius 3 is 2.56 bits per heavy atom. The molecule has 3 rings (SSSR count). The molecule has 9 heteroatoms. The van der Waals surface area contributed by atoms with Crippen LogP contribution in [0.15, 0.2) is 47.4 Å². The van der Waals surface area contributed by atoms with E-state index in [1.165, 1.54) is 0 Å². The number of ether oxygens (including phenoxy) is 3. The molecule has 0 aliphatic carbocycles. The van der Waals surface area contributed by atoms with Gasteiger partial charge in [-0.25, -0.2) is 0 Å². The number of imide groups is 1. The third-order valence-corrected chi connectivity index (χ3v) is 6.01. The number of thioether (sulfide) groups is 1. The second kappa shape index (κ2) is 10.9. The summed E-state index contributed by atoms with van der Waals surface area (Å²) >= 11 is 2.92. The summed E-state index contributed by atoms with van der Waals surface area (Å²) in [6.07, 6.45) is 1.28. The minimum absolute atomic E-state index is 0.225. The van der Waals surface area contributed by atoms with Gasteiger partial charge in [0.05, 0.1) is 21.7 Å². The van der Waals surface area contributed by atoms with E-state index < -0.39 is 23.7 Å². The van der Waals surface area contributed by atoms with Crippen LogP contribution in [0.5, 0.6) is 11.5 Å². The quantitative estimate of drug-likeness (QED) is 0.256. The van der Waals surface area contributed by atoms with Gasteiger partial charge in [-0.2, -0.15) is 0 Å². The molecule has 2 aromatic carbocycles. The highest BCUT2D eigenvalue weighted by molar-refractivity contribution is 14.1. The summed E-state index contributed by atoms with van der Waals surface area (Å²) in [7, 11) is 1.54. The predicted molar refractivity (Wildman–Crippen MR) is 130 cm³/mol. The second-order valence-electron chi connectivity index (χ2n) is 7.11. The average Bonchev–Trinajstić information content (AvgIpc) is 3.00. The number of carbonyl (C=O) groups is 3. The lowest BCUT2D eigenvalue weighted by atomic mass is 10.1. The van der Waals surface area contributed by atoms with Crippen molar-refractivity contribution in [2.45, 2.75) is 26.6 Å². The van der Waals surface area contributed by atoms with Crippen molar-refractivity contribution < 1.29 is 28.6 Å². The predicted octanol–water partition coefficient (Wildman–Crippen LogP) is 4.87. The van der Waals surface area contributed by atoms with Gasteiger partial charge in [0.2, 0.25) is 0 Å². The molecular weight excluding hydrogens is 545 g/mol. The Morgan fingerprint density at radius 2 is 1.91 bits per heavy atom. The number of hydrogen-bond acceptors (Lipinski definition) is 7. The summed E-state index contributed by atoms with van der Waals surface area (Å²) < 4.78 is 17.3. The Morgan fingerprint density at radius 1 is 1.19 bits per heavy atom. The molecule has 0 N–H and O–H groups in total. The van der Waals surface area contributed by atoms with E-state index in [1.54, 1.807) is 33.1 Å². The molecule has 1 heterocycles. The molecule has 1 aliphatic rings. The summed E-state index contributed by atoms with van der Waals surface area (Å²) in [6, 6.07) is 13.4. The number of benzene rings is 2. The molecule has 0 atom stereocenters. The van der Waals surface area contributed by atoms with E-state index in [4.69, 9.17) is 14.2 Å². The standard InChI is InChI=1S/C23H22INO6S/c1-14(2)31-20(26)12-25-22(27)19(32-23(25)28)11-16-9-17(24)21(18(10-16)29-3)30-13-15-7-5-4-6-8-15/h4-11,14H,12-13H2,1-3H3/b19-11-. The number of nitrogens with zero attached hydrogens (tertiary/aromatic N) is 1. The fourth-order valence-corrected chi connectivity index (χ4v) is 4.53. The topological polar surface area (TPSA) is 82.1 Å². The van der Waals surface area contributed by atoms with Crippen LogP contribution in [0.2, 0.25) is 0 Å². The van der Waals surface area contributed by atoms with Crippen molar-refractivity contribution in [1.29, 1.82) is 0 Å². The lowest BCUT2D eigenvalue weighted by Crippen LogP contribution is -2.35. The zero-order valence-electron chi connectivity index (χ0n) is 17.8. The molecule has 1 fully saturated rings. The van der Waals surface area contributed by atoms with E-state index in [0.717, 1.165) is 25.8 Å². The van der Waals surface area contributed by atoms with E-state index in [9.17, 15) is 14.4 Å². The van der Waals surface area contributed by atoms with Gasteiger partial charge in [-0.1, -0.05) is 30.3 Å². The first-order valence-electron chi connectivity index (χ1n) is 9.77. The minimum Gasteiger partial charge on any atom is -0.493 e. The van der Waals surface area contributed by atoms with Crippen LogP contribution in [-0.2, 0) is 20.9 Å². The highest BCUT2D eigenvalue weighted by Crippen LogP contribution is 2.37. The summed E-state index contributed by atoms with van der Waals surface area (Å²) in [5.74, 6) is -0.0452. The number of carbonyl (C=O) groups excluding carboxylic acids is 3. The highest BCUT2D eigenvalue weighted by atomic mass is 127. The molecule has 0 saturated carbocycles. The van der Waals surface area contributed by atoms with Crippen molar-refractivity contribution in [3.05, 3.63) is 62.1 Å². The first kappa shape index (κ1) is 24.1. The van der Waals surface area contributed by atoms with Crippen molar-refractivity contribution in [1.82, 2.24) is 4.90 Å². The number of halogens is 1. The SMILES string of the molecule is COc1cc(/C=C2\SC(=O)N(CC(=O)OC(C)C)C2=O)cc(I)c1OCc1ccccc1. The fraction of sp³-hybridized carbons (Fsp3) is 0.261. The molecule has 0 radical (unpaired) electrons. The largest absolute Gasteiger partial charge is 0.493 e. The van der Waals surface area contributed by atoms with Crippen LogP contribution in [0.4, 0.5) is 4.79 Å². The molecule has 168 valence electrons. The van der Waals surface area contributed by atoms with Crippen molar-refractivity contribution in [2.24, 2.45) is 0 Å². The number of hydrogen-bond donors (Lipinski definition) is 0. The number of amides is 2. The van der Waals surface area contributed by atoms with Crippen molar-refractivity contribution in [2.75, 3.05) is 13.7 Å². The zero-order valence-corrected chi connectivity index (χ0v) is 20.8. The van der Waals surface area contributed by atoms with Gasteiger partial charge in [-0.15, -0.1) is 0 Å². The van der Waals surface area contributed by atoms with E-state index in [0.29, 0.717) is 23.7 Å². The Hall–Kier alpha value is -2.53. The third kappa shape index (κ3) is 6.04. The maximum Gasteiger partial charge on any atom is 0.326 e. The zero-order chi connectivity index (χ0) is 23.3. The number of rotatable bonds is 8. The molecule has 0 bridgehead atoms. The number of esters is 1. The maximum atomic E-state index is 12.7. The molecule has 2 aromatic rings. The minimum atomic E-state index is -0.625. The van der Waals surface area contributed by atoms with Gasteiger partial charge in [0.15, 0.2) is 11.5 Å². The third-order valence-electron chi connectivity index (χ3n) is 4.30. The smallest absolute Gasteiger partial charge is 0.326 e. The highest BCUT2D eigenvalue weighted by Gasteiger charge is 2.36. The molecular formula is C23H22INO6S. The van der Waals surface area contributed by atoms with Crippen molar-refractivity contribution in [3.63, 3.8) is 0 Å². The molecule has 1 saturated heterocycles. The van der Waals surface area contributed by atoms with Crippen LogP contribution in [0.1, 0.15) is 25.0 Å². The monoisotopic (exact) mass is 567 g/mol. The fourth-order valence-electron chi connectivity index (χ4n) is 2.91. The molecule has 0 aromatic heterocycles. The van der Waals surface area contributed by atoms with Gasteiger partial charge in [0, 0.05) is 0 Å². The molecule has 2 amide bonds. The van der Waals surface area contributed by atoms with Crippen LogP contribution >= 0.6 is 34.4 Å². The van der Waals surface area contributed by atoms with E-state index in [-0.39, 0.29) is 11.0 Å². The molecule has 1 aliphatic heterocycles. The maximum absolute atomic E-state index is 12.7. The molecule has 7 nitrogen and oxygen atoms in total. The lowest BCUT2D eigenvalue weighted by molar-refractivity contribution is -0.149. The molecule has 0 spiro atoms. The normalized spacial score (nSPS) is 14.9. The van der Waals surface area contributed by atoms with Gasteiger partial charge in [0.25, 0.3) is 11.1 Å². The van der Waals surface area contributed by atoms with E-state index in [2.05, 4.69) is 22.6 Å². The summed E-state index contributed by atoms with van der Waals surface area (Å²) in [5.41, 5.74) is 1.70. The Balaban J connectivity index is 1.78. The van der Waals surface area contributed by atoms with E-state index >= 15 is 0 Å². The van der Waals surface area contributed by atoms with Crippen LogP contribution in [-0.4, -0.2) is 41.8 Å². The second-order valence-corrected chi connectivity index (χ2v) is 9.27. The summed E-state index contributed by atoms with van der Waals surface area (Å²) in [4.78, 5) is 37.9. The van der Waals surface area contributed by atoms with Crippen LogP contribution in [0.25, 0.3) is 6.08 Å². The summed E-state index contributed by atoms with van der Waals surface area (Å²) in [6.45, 7) is 3.38. The van der Waals surface area contributed by atoms with Gasteiger partial charge < -0.3 is 14.2 Å². The molecule has 0 unspecified atom stereocenters. The van der Waals surface area contributed by atoms with Gasteiger partial charge in [-0.05, 0) is 77.5 Å². The van der Waals surface area contributed by atoms with E-state index in [1.807, 2.05) is 36.4 Å². The Kier molecular flexibility index (Phi) is 8.19. The first-order chi connectivity index (χ1) is 15.3. The van der Waals surface area contributed by atoms with Gasteiger partial charge >= 0.3 is 5.97 Å². The number of methoxy groups -OCH3 is 1. The van der Waals surface area contributed by atoms with Gasteiger partial charge in [-0.3, -0.25) is 19.3 Å². The first-order valence-corrected chi connectivity index (χ1v) is 11.7. The van der Waals surface area contributed by atoms with Crippen molar-refractivity contribution >= 4 is 57.5 Å². The molecule has 32 heavy (non-hydrogen) atoms. The van der Waals surface area contributed by atoms with Crippen LogP contribution in [0.3, 0.4) is 0 Å². The summed E-state index contributed by atoms with van der Waals surface area (Å²) in [5, 5.41) is -0.508. The van der Waals surface area contributed by atoms with Crippen molar-refractivity contribution in [3.8, 4) is 11.5 Å². The Labute approximate surface area is 204 Å². The lowest BCUT2D eigenvalue weighted by Gasteiger charge is -2.14. The Bertz CT molecular complexity index is 1050. The van der Waals surface area contributed by atoms with Gasteiger partial charge in [0.1, 0.15) is 13.2 Å².